The monoisotopic (exact) mass is 367 g/mol. The van der Waals surface area contributed by atoms with Gasteiger partial charge in [-0.2, -0.15) is 0 Å². The Labute approximate surface area is 170 Å². The van der Waals surface area contributed by atoms with Gasteiger partial charge in [-0.05, 0) is 89.0 Å². The molecule has 130 valence electrons. The third-order valence-electron chi connectivity index (χ3n) is 4.49. The molecule has 1 aromatic rings. The molecule has 3 aliphatic rings. The second kappa shape index (κ2) is 12.3. The van der Waals surface area contributed by atoms with Gasteiger partial charge in [0.15, 0.2) is 0 Å². The Morgan fingerprint density at radius 2 is 1.24 bits per heavy atom. The molecule has 0 saturated heterocycles. The minimum Gasteiger partial charge on any atom is -0.393 e. The Hall–Kier alpha value is -0.106. The summed E-state index contributed by atoms with van der Waals surface area (Å²) in [6.07, 6.45) is 21.8. The Morgan fingerprint density at radius 3 is 1.56 bits per heavy atom. The van der Waals surface area contributed by atoms with E-state index < -0.39 is 5.60 Å². The zero-order valence-corrected chi connectivity index (χ0v) is 16.4. The molecule has 3 fully saturated rings. The van der Waals surface area contributed by atoms with Crippen molar-refractivity contribution in [2.75, 3.05) is 0 Å². The van der Waals surface area contributed by atoms with Gasteiger partial charge in [-0.25, -0.2) is 0 Å². The fourth-order valence-electron chi connectivity index (χ4n) is 2.97. The maximum atomic E-state index is 10.0. The molecule has 3 aliphatic carbocycles. The van der Waals surface area contributed by atoms with Gasteiger partial charge in [0.05, 0.1) is 0 Å². The maximum absolute atomic E-state index is 10.0. The van der Waals surface area contributed by atoms with Gasteiger partial charge in [0.25, 0.3) is 0 Å². The predicted octanol–water partition coefficient (Wildman–Crippen LogP) is 4.81. The van der Waals surface area contributed by atoms with Gasteiger partial charge in [-0.3, -0.25) is 0 Å². The molecular weight excluding hydrogens is 340 g/mol. The van der Waals surface area contributed by atoms with E-state index in [9.17, 15) is 5.11 Å². The topological polar surface area (TPSA) is 20.2 Å². The predicted molar refractivity (Wildman–Crippen MR) is 101 cm³/mol. The van der Waals surface area contributed by atoms with Crippen LogP contribution in [0.25, 0.3) is 0 Å². The van der Waals surface area contributed by atoms with Crippen LogP contribution in [0.5, 0.6) is 0 Å². The molecule has 25 heavy (non-hydrogen) atoms. The molecule has 1 nitrogen and oxygen atoms in total. The summed E-state index contributed by atoms with van der Waals surface area (Å²) < 4.78 is 0. The first-order valence-electron chi connectivity index (χ1n) is 8.53. The number of aliphatic hydroxyl groups is 1. The van der Waals surface area contributed by atoms with Crippen LogP contribution in [0.15, 0.2) is 30.3 Å². The van der Waals surface area contributed by atoms with Gasteiger partial charge in [0, 0.05) is 27.3 Å². The summed E-state index contributed by atoms with van der Waals surface area (Å²) in [4.78, 5) is 0. The van der Waals surface area contributed by atoms with E-state index in [0.29, 0.717) is 5.92 Å². The van der Waals surface area contributed by atoms with Crippen LogP contribution in [0.1, 0.15) is 31.2 Å². The molecule has 3 saturated carbocycles. The van der Waals surface area contributed by atoms with Crippen molar-refractivity contribution in [1.82, 2.24) is 0 Å². The van der Waals surface area contributed by atoms with Gasteiger partial charge in [-0.15, -0.1) is 5.92 Å². The molecular formula is C23H27OTi-. The Kier molecular flexibility index (Phi) is 11.3. The average molecular weight is 367 g/mol. The minimum absolute atomic E-state index is 0. The van der Waals surface area contributed by atoms with E-state index in [1.165, 1.54) is 5.56 Å². The third kappa shape index (κ3) is 8.41. The van der Waals surface area contributed by atoms with Crippen molar-refractivity contribution in [3.63, 3.8) is 0 Å². The molecule has 0 bridgehead atoms. The second-order valence-electron chi connectivity index (χ2n) is 6.53. The molecule has 0 heterocycles. The summed E-state index contributed by atoms with van der Waals surface area (Å²) in [5, 5.41) is 10.0. The van der Waals surface area contributed by atoms with Crippen molar-refractivity contribution in [2.45, 2.75) is 31.3 Å². The van der Waals surface area contributed by atoms with E-state index in [0.717, 1.165) is 12.8 Å². The van der Waals surface area contributed by atoms with Crippen molar-refractivity contribution in [2.24, 2.45) is 5.92 Å². The molecule has 0 spiro atoms. The number of hydrogen-bond acceptors (Lipinski definition) is 1. The molecule has 0 aromatic heterocycles. The summed E-state index contributed by atoms with van der Waals surface area (Å²) in [5.74, 6) is 0.640. The van der Waals surface area contributed by atoms with Crippen LogP contribution >= 0.6 is 0 Å². The smallest absolute Gasteiger partial charge is 0.0383 e. The normalized spacial score (nSPS) is 30.5. The molecule has 0 amide bonds. The van der Waals surface area contributed by atoms with Crippen molar-refractivity contribution in [3.05, 3.63) is 107 Å². The molecule has 10 radical (unpaired) electrons. The van der Waals surface area contributed by atoms with Crippen molar-refractivity contribution < 1.29 is 26.8 Å². The standard InChI is InChI=1S/C13H17O.2C5H5.Ti/c1-10-8-12(9-13(10,2)14)11-6-4-3-5-7-11;2*1-2-4-5-3-1;/h3-7,10,12,14H,1,8-9H2,2H3;2*1-5H;/q-1;;;/t10-,12?,13+;;;/m0.../s1. The summed E-state index contributed by atoms with van der Waals surface area (Å²) >= 11 is 0. The van der Waals surface area contributed by atoms with Crippen molar-refractivity contribution >= 4 is 0 Å². The van der Waals surface area contributed by atoms with Crippen LogP contribution in [-0.4, -0.2) is 10.7 Å². The molecule has 1 unspecified atom stereocenters. The Bertz CT molecular complexity index is 409. The number of hydrogen-bond donors (Lipinski definition) is 1. The van der Waals surface area contributed by atoms with Crippen molar-refractivity contribution in [3.8, 4) is 0 Å². The van der Waals surface area contributed by atoms with E-state index in [4.69, 9.17) is 0 Å². The minimum atomic E-state index is -0.583. The first kappa shape index (κ1) is 22.9. The fraction of sp³-hybridized carbons (Fsp3) is 0.261. The number of benzene rings is 1. The van der Waals surface area contributed by atoms with E-state index in [1.807, 2.05) is 77.2 Å². The third-order valence-corrected chi connectivity index (χ3v) is 4.49. The molecule has 4 rings (SSSR count). The van der Waals surface area contributed by atoms with E-state index in [1.54, 1.807) is 0 Å². The van der Waals surface area contributed by atoms with Gasteiger partial charge < -0.3 is 12.0 Å². The first-order valence-corrected chi connectivity index (χ1v) is 8.53. The largest absolute Gasteiger partial charge is 0.393 e. The summed E-state index contributed by atoms with van der Waals surface area (Å²) in [6, 6.07) is 10.4. The van der Waals surface area contributed by atoms with Crippen molar-refractivity contribution in [1.29, 1.82) is 0 Å². The molecule has 3 atom stereocenters. The zero-order chi connectivity index (χ0) is 17.3. The number of rotatable bonds is 1. The Balaban J connectivity index is 0.000000233. The van der Waals surface area contributed by atoms with Crippen LogP contribution in [-0.2, 0) is 21.7 Å². The maximum Gasteiger partial charge on any atom is 0.0383 e. The van der Waals surface area contributed by atoms with Crippen LogP contribution in [0.2, 0.25) is 0 Å². The molecule has 1 N–H and O–H groups in total. The van der Waals surface area contributed by atoms with E-state index in [2.05, 4.69) is 31.2 Å². The molecule has 0 aliphatic heterocycles. The van der Waals surface area contributed by atoms with Crippen LogP contribution in [0.3, 0.4) is 0 Å². The quantitative estimate of drug-likeness (QED) is 0.558. The van der Waals surface area contributed by atoms with Gasteiger partial charge in [-0.1, -0.05) is 36.8 Å². The van der Waals surface area contributed by atoms with Crippen LogP contribution in [0.4, 0.5) is 0 Å². The van der Waals surface area contributed by atoms with E-state index >= 15 is 0 Å². The average Bonchev–Trinajstić information content (AvgIpc) is 3.34. The summed E-state index contributed by atoms with van der Waals surface area (Å²) in [6.45, 7) is 5.91. The van der Waals surface area contributed by atoms with Gasteiger partial charge >= 0.3 is 0 Å². The molecule has 2 heteroatoms. The van der Waals surface area contributed by atoms with Gasteiger partial charge in [0.2, 0.25) is 0 Å². The fourth-order valence-corrected chi connectivity index (χ4v) is 2.97. The zero-order valence-electron chi connectivity index (χ0n) is 14.9. The van der Waals surface area contributed by atoms with Crippen LogP contribution in [0, 0.1) is 77.0 Å². The van der Waals surface area contributed by atoms with E-state index in [-0.39, 0.29) is 27.6 Å². The Morgan fingerprint density at radius 1 is 0.840 bits per heavy atom. The summed E-state index contributed by atoms with van der Waals surface area (Å²) in [5.41, 5.74) is 0.750. The van der Waals surface area contributed by atoms with Crippen LogP contribution < -0.4 is 0 Å². The SMILES string of the molecule is [CH2-][C@H]1CC(c2ccccc2)C[C@@]1(C)O.[CH]1[CH][CH][CH][CH]1.[CH]1[CH][CH][CH][CH]1.[Ti]. The van der Waals surface area contributed by atoms with Gasteiger partial charge in [0.1, 0.15) is 0 Å². The summed E-state index contributed by atoms with van der Waals surface area (Å²) in [7, 11) is 0. The second-order valence-corrected chi connectivity index (χ2v) is 6.53. The molecule has 1 aromatic carbocycles. The first-order chi connectivity index (χ1) is 11.6.